The molecule has 9 nitrogen and oxygen atoms in total. The van der Waals surface area contributed by atoms with Crippen molar-refractivity contribution in [3.63, 3.8) is 0 Å². The smallest absolute Gasteiger partial charge is 0.346 e. The van der Waals surface area contributed by atoms with Crippen molar-refractivity contribution in [1.29, 1.82) is 0 Å². The first-order valence-corrected chi connectivity index (χ1v) is 9.22. The number of nitrogens with zero attached hydrogens (tertiary/aromatic N) is 4. The van der Waals surface area contributed by atoms with Crippen LogP contribution in [0.4, 0.5) is 5.69 Å². The molecule has 1 aromatic carbocycles. The maximum Gasteiger partial charge on any atom is 0.346 e. The number of benzene rings is 1. The lowest BCUT2D eigenvalue weighted by Crippen LogP contribution is -2.30. The van der Waals surface area contributed by atoms with Gasteiger partial charge < -0.3 is 14.8 Å². The Labute approximate surface area is 166 Å². The van der Waals surface area contributed by atoms with Gasteiger partial charge in [-0.2, -0.15) is 0 Å². The van der Waals surface area contributed by atoms with Gasteiger partial charge in [0, 0.05) is 35.8 Å². The van der Waals surface area contributed by atoms with E-state index < -0.39 is 0 Å². The van der Waals surface area contributed by atoms with E-state index in [2.05, 4.69) is 15.4 Å². The third kappa shape index (κ3) is 3.84. The molecule has 0 atom stereocenters. The predicted octanol–water partition coefficient (Wildman–Crippen LogP) is 2.10. The fourth-order valence-corrected chi connectivity index (χ4v) is 3.13. The van der Waals surface area contributed by atoms with Gasteiger partial charge in [0.2, 0.25) is 5.91 Å². The van der Waals surface area contributed by atoms with Gasteiger partial charge in [-0.3, -0.25) is 14.3 Å². The molecule has 1 aliphatic carbocycles. The molecule has 3 aromatic rings. The van der Waals surface area contributed by atoms with E-state index in [1.165, 1.54) is 11.8 Å². The summed E-state index contributed by atoms with van der Waals surface area (Å²) in [6.07, 6.45) is 5.18. The average Bonchev–Trinajstić information content (AvgIpc) is 3.53. The standard InChI is InChI=1S/C20H21N5O4/c1-28-16-8-5-14(10-17(16)29-2)22-18(26)12-24-20(27)25(15-6-7-15)19(23-24)13-4-3-9-21-11-13/h3-5,8-11,15H,6-7,12H2,1-2H3,(H,22,26). The minimum Gasteiger partial charge on any atom is -0.493 e. The zero-order chi connectivity index (χ0) is 20.4. The van der Waals surface area contributed by atoms with Crippen LogP contribution >= 0.6 is 0 Å². The molecule has 1 N–H and O–H groups in total. The van der Waals surface area contributed by atoms with Gasteiger partial charge in [-0.15, -0.1) is 5.10 Å². The van der Waals surface area contributed by atoms with Gasteiger partial charge in [0.15, 0.2) is 17.3 Å². The van der Waals surface area contributed by atoms with Crippen molar-refractivity contribution in [1.82, 2.24) is 19.3 Å². The first-order valence-electron chi connectivity index (χ1n) is 9.22. The second-order valence-electron chi connectivity index (χ2n) is 6.72. The normalized spacial score (nSPS) is 13.2. The van der Waals surface area contributed by atoms with E-state index in [1.54, 1.807) is 48.3 Å². The zero-order valence-electron chi connectivity index (χ0n) is 16.2. The van der Waals surface area contributed by atoms with Gasteiger partial charge >= 0.3 is 5.69 Å². The number of ether oxygens (including phenoxy) is 2. The van der Waals surface area contributed by atoms with E-state index >= 15 is 0 Å². The Hall–Kier alpha value is -3.62. The van der Waals surface area contributed by atoms with Crippen LogP contribution in [0, 0.1) is 0 Å². The van der Waals surface area contributed by atoms with E-state index in [9.17, 15) is 9.59 Å². The molecule has 1 fully saturated rings. The van der Waals surface area contributed by atoms with Crippen LogP contribution in [0.5, 0.6) is 11.5 Å². The van der Waals surface area contributed by atoms with Crippen LogP contribution < -0.4 is 20.5 Å². The van der Waals surface area contributed by atoms with Crippen molar-refractivity contribution in [2.45, 2.75) is 25.4 Å². The van der Waals surface area contributed by atoms with E-state index in [-0.39, 0.29) is 24.2 Å². The van der Waals surface area contributed by atoms with E-state index in [4.69, 9.17) is 9.47 Å². The number of hydrogen-bond acceptors (Lipinski definition) is 6. The summed E-state index contributed by atoms with van der Waals surface area (Å²) in [6, 6.07) is 8.82. The molecule has 0 radical (unpaired) electrons. The molecule has 0 saturated heterocycles. The Morgan fingerprint density at radius 3 is 2.66 bits per heavy atom. The average molecular weight is 395 g/mol. The van der Waals surface area contributed by atoms with E-state index in [0.29, 0.717) is 23.0 Å². The van der Waals surface area contributed by atoms with Crippen molar-refractivity contribution in [2.75, 3.05) is 19.5 Å². The molecule has 4 rings (SSSR count). The molecule has 1 aliphatic rings. The Balaban J connectivity index is 1.57. The number of anilines is 1. The molecule has 1 saturated carbocycles. The number of carbonyl (C=O) groups excluding carboxylic acids is 1. The van der Waals surface area contributed by atoms with Crippen LogP contribution in [0.2, 0.25) is 0 Å². The lowest BCUT2D eigenvalue weighted by atomic mass is 10.2. The highest BCUT2D eigenvalue weighted by Crippen LogP contribution is 2.36. The highest BCUT2D eigenvalue weighted by atomic mass is 16.5. The van der Waals surface area contributed by atoms with Crippen LogP contribution in [0.1, 0.15) is 18.9 Å². The molecule has 0 unspecified atom stereocenters. The summed E-state index contributed by atoms with van der Waals surface area (Å²) < 4.78 is 13.3. The monoisotopic (exact) mass is 395 g/mol. The Morgan fingerprint density at radius 2 is 2.00 bits per heavy atom. The van der Waals surface area contributed by atoms with Gasteiger partial charge in [-0.05, 0) is 37.1 Å². The van der Waals surface area contributed by atoms with Crippen LogP contribution in [-0.4, -0.2) is 39.5 Å². The molecule has 150 valence electrons. The highest BCUT2D eigenvalue weighted by Gasteiger charge is 2.30. The number of rotatable bonds is 7. The Kier molecular flexibility index (Phi) is 5.03. The summed E-state index contributed by atoms with van der Waals surface area (Å²) in [5.74, 6) is 1.23. The molecular weight excluding hydrogens is 374 g/mol. The van der Waals surface area contributed by atoms with Crippen LogP contribution in [-0.2, 0) is 11.3 Å². The number of aromatic nitrogens is 4. The van der Waals surface area contributed by atoms with Crippen molar-refractivity contribution >= 4 is 11.6 Å². The van der Waals surface area contributed by atoms with Crippen molar-refractivity contribution in [2.24, 2.45) is 0 Å². The second-order valence-corrected chi connectivity index (χ2v) is 6.72. The quantitative estimate of drug-likeness (QED) is 0.658. The topological polar surface area (TPSA) is 100 Å². The van der Waals surface area contributed by atoms with Crippen molar-refractivity contribution < 1.29 is 14.3 Å². The summed E-state index contributed by atoms with van der Waals surface area (Å²) in [5.41, 5.74) is 0.985. The van der Waals surface area contributed by atoms with Crippen molar-refractivity contribution in [3.05, 3.63) is 53.2 Å². The number of pyridine rings is 1. The van der Waals surface area contributed by atoms with E-state index in [0.717, 1.165) is 18.4 Å². The third-order valence-electron chi connectivity index (χ3n) is 4.66. The number of carbonyl (C=O) groups is 1. The summed E-state index contributed by atoms with van der Waals surface area (Å²) >= 11 is 0. The molecular formula is C20H21N5O4. The van der Waals surface area contributed by atoms with E-state index in [1.807, 2.05) is 6.07 Å². The molecule has 0 bridgehead atoms. The Bertz CT molecular complexity index is 1090. The first kappa shape index (κ1) is 18.7. The molecule has 1 amide bonds. The second kappa shape index (κ2) is 7.78. The zero-order valence-corrected chi connectivity index (χ0v) is 16.2. The van der Waals surface area contributed by atoms with Gasteiger partial charge in [0.25, 0.3) is 0 Å². The number of methoxy groups -OCH3 is 2. The minimum absolute atomic E-state index is 0.125. The minimum atomic E-state index is -0.363. The van der Waals surface area contributed by atoms with Crippen LogP contribution in [0.25, 0.3) is 11.4 Å². The summed E-state index contributed by atoms with van der Waals surface area (Å²) in [6.45, 7) is -0.194. The van der Waals surface area contributed by atoms with Gasteiger partial charge in [-0.25, -0.2) is 9.48 Å². The number of amides is 1. The predicted molar refractivity (Wildman–Crippen MR) is 106 cm³/mol. The van der Waals surface area contributed by atoms with Gasteiger partial charge in [0.1, 0.15) is 6.54 Å². The molecule has 9 heteroatoms. The summed E-state index contributed by atoms with van der Waals surface area (Å²) in [5, 5.41) is 7.17. The van der Waals surface area contributed by atoms with Crippen molar-refractivity contribution in [3.8, 4) is 22.9 Å². The maximum atomic E-state index is 12.8. The van der Waals surface area contributed by atoms with Gasteiger partial charge in [-0.1, -0.05) is 0 Å². The molecule has 29 heavy (non-hydrogen) atoms. The van der Waals surface area contributed by atoms with Gasteiger partial charge in [0.05, 0.1) is 14.2 Å². The molecule has 0 spiro atoms. The molecule has 0 aliphatic heterocycles. The SMILES string of the molecule is COc1ccc(NC(=O)Cn2nc(-c3cccnc3)n(C3CC3)c2=O)cc1OC. The molecule has 2 aromatic heterocycles. The Morgan fingerprint density at radius 1 is 1.21 bits per heavy atom. The lowest BCUT2D eigenvalue weighted by molar-refractivity contribution is -0.117. The largest absolute Gasteiger partial charge is 0.493 e. The van der Waals surface area contributed by atoms with Crippen LogP contribution in [0.3, 0.4) is 0 Å². The van der Waals surface area contributed by atoms with Crippen LogP contribution in [0.15, 0.2) is 47.5 Å². The third-order valence-corrected chi connectivity index (χ3v) is 4.66. The lowest BCUT2D eigenvalue weighted by Gasteiger charge is -2.10. The fourth-order valence-electron chi connectivity index (χ4n) is 3.13. The summed E-state index contributed by atoms with van der Waals surface area (Å²) in [4.78, 5) is 29.5. The summed E-state index contributed by atoms with van der Waals surface area (Å²) in [7, 11) is 3.06. The first-order chi connectivity index (χ1) is 14.1. The fraction of sp³-hybridized carbons (Fsp3) is 0.300. The number of nitrogens with one attached hydrogen (secondary N) is 1. The number of hydrogen-bond donors (Lipinski definition) is 1. The maximum absolute atomic E-state index is 12.8. The molecule has 2 heterocycles. The highest BCUT2D eigenvalue weighted by molar-refractivity contribution is 5.90.